The summed E-state index contributed by atoms with van der Waals surface area (Å²) >= 11 is 7.61. The molecule has 1 aromatic carbocycles. The first kappa shape index (κ1) is 8.69. The summed E-state index contributed by atoms with van der Waals surface area (Å²) in [5, 5.41) is 0.745. The van der Waals surface area contributed by atoms with Gasteiger partial charge >= 0.3 is 0 Å². The second-order valence-electron chi connectivity index (χ2n) is 2.00. The van der Waals surface area contributed by atoms with Crippen LogP contribution in [-0.2, 0) is 0 Å². The fourth-order valence-corrected chi connectivity index (χ4v) is 1.73. The second kappa shape index (κ2) is 3.84. The van der Waals surface area contributed by atoms with Crippen molar-refractivity contribution in [2.24, 2.45) is 0 Å². The fourth-order valence-electron chi connectivity index (χ4n) is 0.805. The molecule has 0 nitrogen and oxygen atoms in total. The third-order valence-corrected chi connectivity index (χ3v) is 2.67. The van der Waals surface area contributed by atoms with Gasteiger partial charge in [0.05, 0.1) is 5.02 Å². The molecule has 11 heavy (non-hydrogen) atoms. The highest BCUT2D eigenvalue weighted by Gasteiger charge is 2.00. The average Bonchev–Trinajstić information content (AvgIpc) is 2.05. The summed E-state index contributed by atoms with van der Waals surface area (Å²) in [6.07, 6.45) is 4.77. The van der Waals surface area contributed by atoms with Gasteiger partial charge in [0.2, 0.25) is 0 Å². The van der Waals surface area contributed by atoms with Gasteiger partial charge in [-0.1, -0.05) is 30.3 Å². The van der Waals surface area contributed by atoms with Crippen molar-refractivity contribution in [3.8, 4) is 0 Å². The van der Waals surface area contributed by atoms with Gasteiger partial charge in [-0.05, 0) is 18.4 Å². The van der Waals surface area contributed by atoms with E-state index in [4.69, 9.17) is 11.6 Å². The smallest absolute Gasteiger partial charge is 0.0620 e. The van der Waals surface area contributed by atoms with E-state index >= 15 is 0 Å². The van der Waals surface area contributed by atoms with Gasteiger partial charge in [0.25, 0.3) is 0 Å². The maximum atomic E-state index is 5.99. The van der Waals surface area contributed by atoms with E-state index in [9.17, 15) is 0 Å². The Bertz CT molecular complexity index is 268. The van der Waals surface area contributed by atoms with Gasteiger partial charge < -0.3 is 0 Å². The Hall–Kier alpha value is -0.400. The Labute approximate surface area is 76.3 Å². The summed E-state index contributed by atoms with van der Waals surface area (Å²) in [5.41, 5.74) is 0.874. The average molecular weight is 184 g/mol. The number of hydrogen-bond donors (Lipinski definition) is 0. The highest BCUT2D eigenvalue weighted by atomic mass is 35.5. The van der Waals surface area contributed by atoms with Crippen molar-refractivity contribution in [3.63, 3.8) is 0 Å². The molecule has 0 atom stereocenters. The quantitative estimate of drug-likeness (QED) is 0.634. The highest BCUT2D eigenvalue weighted by Crippen LogP contribution is 2.27. The topological polar surface area (TPSA) is 0 Å². The molecule has 0 aliphatic heterocycles. The molecule has 1 aromatic rings. The van der Waals surface area contributed by atoms with Crippen LogP contribution in [0.15, 0.2) is 29.7 Å². The van der Waals surface area contributed by atoms with Gasteiger partial charge in [0.15, 0.2) is 0 Å². The second-order valence-corrected chi connectivity index (χ2v) is 3.22. The molecule has 0 amide bonds. The lowest BCUT2D eigenvalue weighted by molar-refractivity contribution is 1.42. The van der Waals surface area contributed by atoms with E-state index in [-0.39, 0.29) is 0 Å². The number of halogens is 1. The fraction of sp³-hybridized carbons (Fsp3) is 0.111. The third kappa shape index (κ3) is 1.79. The first-order valence-corrected chi connectivity index (χ1v) is 4.75. The summed E-state index contributed by atoms with van der Waals surface area (Å²) in [7, 11) is 0. The first-order chi connectivity index (χ1) is 5.29. The predicted molar refractivity (Wildman–Crippen MR) is 51.2 cm³/mol. The van der Waals surface area contributed by atoms with Crippen LogP contribution in [0.2, 0.25) is 5.02 Å². The molecule has 0 fully saturated rings. The first-order valence-electron chi connectivity index (χ1n) is 3.15. The Balaban J connectivity index is 3.20. The molecule has 0 heterocycles. The van der Waals surface area contributed by atoms with Crippen LogP contribution in [-0.4, -0.2) is 6.26 Å². The molecule has 57 valence electrons. The molecule has 0 N–H and O–H groups in total. The Kier molecular flexibility index (Phi) is 3.03. The molecule has 0 aliphatic rings. The van der Waals surface area contributed by atoms with E-state index in [0.29, 0.717) is 0 Å². The molecule has 0 unspecified atom stereocenters. The van der Waals surface area contributed by atoms with Gasteiger partial charge in [0, 0.05) is 10.5 Å². The van der Waals surface area contributed by atoms with Gasteiger partial charge in [-0.15, -0.1) is 11.8 Å². The van der Waals surface area contributed by atoms with Crippen LogP contribution in [0.1, 0.15) is 5.56 Å². The monoisotopic (exact) mass is 183 g/mol. The van der Waals surface area contributed by atoms with Gasteiger partial charge in [-0.25, -0.2) is 0 Å². The summed E-state index contributed by atoms with van der Waals surface area (Å²) in [6, 6.07) is 5.83. The van der Waals surface area contributed by atoms with Crippen LogP contribution >= 0.6 is 23.4 Å². The summed E-state index contributed by atoms with van der Waals surface area (Å²) < 4.78 is 0. The highest BCUT2D eigenvalue weighted by molar-refractivity contribution is 7.98. The number of hydrogen-bond acceptors (Lipinski definition) is 1. The largest absolute Gasteiger partial charge is 0.128 e. The molecule has 0 spiro atoms. The van der Waals surface area contributed by atoms with Crippen LogP contribution in [0.4, 0.5) is 0 Å². The lowest BCUT2D eigenvalue weighted by Crippen LogP contribution is -1.78. The third-order valence-electron chi connectivity index (χ3n) is 1.37. The Morgan fingerprint density at radius 1 is 1.55 bits per heavy atom. The van der Waals surface area contributed by atoms with Gasteiger partial charge in [-0.2, -0.15) is 0 Å². The maximum absolute atomic E-state index is 5.99. The van der Waals surface area contributed by atoms with Crippen molar-refractivity contribution in [3.05, 3.63) is 41.4 Å². The molecule has 1 radical (unpaired) electrons. The van der Waals surface area contributed by atoms with E-state index < -0.39 is 0 Å². The molecular weight excluding hydrogens is 176 g/mol. The van der Waals surface area contributed by atoms with Crippen LogP contribution in [0, 0.1) is 6.08 Å². The predicted octanol–water partition coefficient (Wildman–Crippen LogP) is 3.40. The number of benzene rings is 1. The number of rotatable bonds is 2. The standard InChI is InChI=1S/C9H8ClS/c1-3-7-5-4-6-8(11-2)9(7)10/h4-6H,1H2,2H3. The zero-order valence-corrected chi connectivity index (χ0v) is 7.80. The SMILES string of the molecule is C=[C]c1cccc(SC)c1Cl. The maximum Gasteiger partial charge on any atom is 0.0620 e. The van der Waals surface area contributed by atoms with E-state index in [1.165, 1.54) is 0 Å². The van der Waals surface area contributed by atoms with Crippen molar-refractivity contribution < 1.29 is 0 Å². The van der Waals surface area contributed by atoms with Gasteiger partial charge in [0.1, 0.15) is 0 Å². The lowest BCUT2D eigenvalue weighted by atomic mass is 10.2. The van der Waals surface area contributed by atoms with E-state index in [0.717, 1.165) is 15.5 Å². The van der Waals surface area contributed by atoms with Crippen molar-refractivity contribution in [1.82, 2.24) is 0 Å². The van der Waals surface area contributed by atoms with E-state index in [1.807, 2.05) is 24.5 Å². The van der Waals surface area contributed by atoms with E-state index in [1.54, 1.807) is 11.8 Å². The summed E-state index contributed by atoms with van der Waals surface area (Å²) in [5.74, 6) is 0. The van der Waals surface area contributed by atoms with Crippen molar-refractivity contribution in [2.45, 2.75) is 4.90 Å². The molecule has 2 heteroatoms. The normalized spacial score (nSPS) is 9.64. The molecular formula is C9H8ClS. The number of thioether (sulfide) groups is 1. The van der Waals surface area contributed by atoms with Crippen molar-refractivity contribution in [1.29, 1.82) is 0 Å². The zero-order valence-electron chi connectivity index (χ0n) is 6.23. The minimum absolute atomic E-state index is 0.745. The molecule has 0 aliphatic carbocycles. The van der Waals surface area contributed by atoms with Crippen LogP contribution in [0.25, 0.3) is 0 Å². The van der Waals surface area contributed by atoms with Crippen molar-refractivity contribution in [2.75, 3.05) is 6.26 Å². The van der Waals surface area contributed by atoms with E-state index in [2.05, 4.69) is 12.7 Å². The molecule has 0 saturated carbocycles. The van der Waals surface area contributed by atoms with Crippen LogP contribution < -0.4 is 0 Å². The summed E-state index contributed by atoms with van der Waals surface area (Å²) in [4.78, 5) is 1.07. The minimum Gasteiger partial charge on any atom is -0.128 e. The molecule has 1 rings (SSSR count). The molecule has 0 saturated heterocycles. The zero-order chi connectivity index (χ0) is 8.27. The molecule has 0 aromatic heterocycles. The minimum atomic E-state index is 0.745. The Morgan fingerprint density at radius 3 is 2.82 bits per heavy atom. The Morgan fingerprint density at radius 2 is 2.27 bits per heavy atom. The van der Waals surface area contributed by atoms with Crippen LogP contribution in [0.5, 0.6) is 0 Å². The van der Waals surface area contributed by atoms with Crippen LogP contribution in [0.3, 0.4) is 0 Å². The summed E-state index contributed by atoms with van der Waals surface area (Å²) in [6.45, 7) is 3.55. The lowest BCUT2D eigenvalue weighted by Gasteiger charge is -2.01. The van der Waals surface area contributed by atoms with Crippen molar-refractivity contribution >= 4 is 23.4 Å². The van der Waals surface area contributed by atoms with Gasteiger partial charge in [-0.3, -0.25) is 0 Å². The molecule has 0 bridgehead atoms.